The molecule has 0 bridgehead atoms. The molecule has 2 spiro atoms. The van der Waals surface area contributed by atoms with E-state index >= 15 is 0 Å². The lowest BCUT2D eigenvalue weighted by Gasteiger charge is -2.64. The van der Waals surface area contributed by atoms with Crippen LogP contribution in [0.15, 0.2) is 0 Å². The fourth-order valence-electron chi connectivity index (χ4n) is 15.0. The molecular weight excluding hydrogens is 620 g/mol. The number of rotatable bonds is 6. The van der Waals surface area contributed by atoms with Gasteiger partial charge in [-0.2, -0.15) is 0 Å². The van der Waals surface area contributed by atoms with Crippen molar-refractivity contribution >= 4 is 5.91 Å². The number of methoxy groups -OCH3 is 1. The van der Waals surface area contributed by atoms with Crippen LogP contribution in [0.1, 0.15) is 106 Å². The van der Waals surface area contributed by atoms with E-state index in [4.69, 9.17) is 18.9 Å². The van der Waals surface area contributed by atoms with Crippen LogP contribution in [-0.2, 0) is 23.7 Å². The van der Waals surface area contributed by atoms with E-state index in [-0.39, 0.29) is 58.2 Å². The molecule has 15 atom stereocenters. The number of nitrogens with zero attached hydrogens (tertiary/aromatic N) is 2. The fourth-order valence-corrected chi connectivity index (χ4v) is 15.0. The Hall–Kier alpha value is -0.810. The molecule has 3 aliphatic heterocycles. The summed E-state index contributed by atoms with van der Waals surface area (Å²) in [5.41, 5.74) is -0.641. The maximum absolute atomic E-state index is 12.8. The molecule has 0 aromatic heterocycles. The van der Waals surface area contributed by atoms with Crippen LogP contribution in [0.5, 0.6) is 0 Å². The van der Waals surface area contributed by atoms with Crippen molar-refractivity contribution in [3.63, 3.8) is 0 Å². The van der Waals surface area contributed by atoms with Crippen LogP contribution in [0.3, 0.4) is 0 Å². The molecule has 278 valence electrons. The molecule has 3 unspecified atom stereocenters. The molecule has 2 N–H and O–H groups in total. The number of hydrogen-bond acceptors (Lipinski definition) is 8. The molecule has 3 heterocycles. The molecule has 0 aromatic carbocycles. The number of likely N-dealkylation sites (N-methyl/N-ethyl adjacent to an activating group) is 1. The molecule has 8 fully saturated rings. The fraction of sp³-hybridized carbons (Fsp3) is 0.975. The highest BCUT2D eigenvalue weighted by Gasteiger charge is 2.84. The van der Waals surface area contributed by atoms with E-state index in [1.54, 1.807) is 21.0 Å². The Balaban J connectivity index is 1.01. The first kappa shape index (κ1) is 35.2. The first-order valence-corrected chi connectivity index (χ1v) is 19.8. The number of carbonyl (C=O) groups excluding carboxylic acids is 1. The third kappa shape index (κ3) is 4.64. The average molecular weight is 687 g/mol. The largest absolute Gasteiger partial charge is 0.390 e. The van der Waals surface area contributed by atoms with Crippen molar-refractivity contribution in [1.82, 2.24) is 9.80 Å². The van der Waals surface area contributed by atoms with Gasteiger partial charge in [0.1, 0.15) is 6.10 Å². The van der Waals surface area contributed by atoms with E-state index in [0.717, 1.165) is 45.2 Å². The van der Waals surface area contributed by atoms with Crippen molar-refractivity contribution in [2.45, 2.75) is 155 Å². The zero-order valence-corrected chi connectivity index (χ0v) is 31.9. The first-order chi connectivity index (χ1) is 23.0. The molecule has 3 saturated heterocycles. The SMILES string of the molecule is CO[C@@H]([C@H]1C[C@@H](C)[C@H]2[C@H](O1)[C@H](O)[C@@]1(C)[C@@H]3CC[C@H]4C(C)(C)[C@@H](OC5CN(C6CCN(C)C6=O)CCO5)CCC45C[C@@]35CC[C@]21C)C(C)(C)O. The van der Waals surface area contributed by atoms with Crippen molar-refractivity contribution in [1.29, 1.82) is 0 Å². The number of morpholine rings is 1. The number of amides is 1. The summed E-state index contributed by atoms with van der Waals surface area (Å²) in [7, 11) is 3.57. The lowest BCUT2D eigenvalue weighted by Crippen LogP contribution is -2.60. The monoisotopic (exact) mass is 686 g/mol. The predicted octanol–water partition coefficient (Wildman–Crippen LogP) is 4.86. The second-order valence-corrected chi connectivity index (χ2v) is 19.8. The number of aliphatic hydroxyl groups is 2. The summed E-state index contributed by atoms with van der Waals surface area (Å²) >= 11 is 0. The molecule has 0 radical (unpaired) electrons. The van der Waals surface area contributed by atoms with Gasteiger partial charge in [-0.25, -0.2) is 0 Å². The summed E-state index contributed by atoms with van der Waals surface area (Å²) in [6.07, 6.45) is 8.37. The highest BCUT2D eigenvalue weighted by atomic mass is 16.7. The van der Waals surface area contributed by atoms with Crippen LogP contribution in [0.25, 0.3) is 0 Å². The van der Waals surface area contributed by atoms with Crippen LogP contribution >= 0.6 is 0 Å². The Morgan fingerprint density at radius 3 is 2.39 bits per heavy atom. The standard InChI is InChI=1S/C40H66N2O7/c1-23-20-25(33(46-9)36(4,5)45)48-31-30(23)37(6)15-16-40-22-39(40)14-12-28(35(2,3)26(39)10-11-27(40)38(37,7)32(31)43)49-29-21-42(18-19-47-29)24-13-17-41(8)34(24)44/h23-33,43,45H,10-22H2,1-9H3/t23-,24?,25-,26+,27+,28+,29?,30+,31+,32+,33+,37-,38-,39?,40+/m1/s1. The Labute approximate surface area is 295 Å². The lowest BCUT2D eigenvalue weighted by atomic mass is 9.41. The number of fused-ring (bicyclic) bond motifs is 4. The lowest BCUT2D eigenvalue weighted by molar-refractivity contribution is -0.250. The second-order valence-electron chi connectivity index (χ2n) is 19.8. The highest BCUT2D eigenvalue weighted by Crippen LogP contribution is 2.89. The van der Waals surface area contributed by atoms with E-state index in [0.29, 0.717) is 42.2 Å². The van der Waals surface area contributed by atoms with Crippen molar-refractivity contribution in [2.75, 3.05) is 40.4 Å². The van der Waals surface area contributed by atoms with E-state index in [1.807, 2.05) is 11.9 Å². The molecule has 5 aliphatic carbocycles. The number of hydrogen-bond donors (Lipinski definition) is 2. The molecule has 0 aromatic rings. The van der Waals surface area contributed by atoms with Gasteiger partial charge >= 0.3 is 0 Å². The maximum Gasteiger partial charge on any atom is 0.239 e. The Morgan fingerprint density at radius 2 is 1.71 bits per heavy atom. The Bertz CT molecular complexity index is 1320. The predicted molar refractivity (Wildman–Crippen MR) is 185 cm³/mol. The van der Waals surface area contributed by atoms with Crippen molar-refractivity contribution in [2.24, 2.45) is 50.7 Å². The first-order valence-electron chi connectivity index (χ1n) is 19.8. The number of likely N-dealkylation sites (tertiary alicyclic amines) is 1. The molecule has 5 saturated carbocycles. The number of ether oxygens (including phenoxy) is 4. The second kappa shape index (κ2) is 11.3. The smallest absolute Gasteiger partial charge is 0.239 e. The average Bonchev–Trinajstić information content (AvgIpc) is 3.53. The van der Waals surface area contributed by atoms with Crippen LogP contribution in [-0.4, -0.2) is 115 Å². The summed E-state index contributed by atoms with van der Waals surface area (Å²) in [5, 5.41) is 23.5. The van der Waals surface area contributed by atoms with Gasteiger partial charge in [-0.3, -0.25) is 9.69 Å². The minimum absolute atomic E-state index is 0.000831. The highest BCUT2D eigenvalue weighted by molar-refractivity contribution is 5.83. The molecule has 1 amide bonds. The quantitative estimate of drug-likeness (QED) is 0.409. The van der Waals surface area contributed by atoms with E-state index < -0.39 is 17.8 Å². The summed E-state index contributed by atoms with van der Waals surface area (Å²) in [5.74, 6) is 1.96. The minimum Gasteiger partial charge on any atom is -0.390 e. The van der Waals surface area contributed by atoms with Crippen LogP contribution in [0.4, 0.5) is 0 Å². The molecule has 9 heteroatoms. The van der Waals surface area contributed by atoms with Crippen molar-refractivity contribution in [3.05, 3.63) is 0 Å². The van der Waals surface area contributed by atoms with Crippen LogP contribution in [0, 0.1) is 50.7 Å². The van der Waals surface area contributed by atoms with Crippen LogP contribution in [0.2, 0.25) is 0 Å². The van der Waals surface area contributed by atoms with Gasteiger partial charge in [-0.05, 0) is 117 Å². The zero-order valence-electron chi connectivity index (χ0n) is 31.9. The molecule has 8 aliphatic rings. The summed E-state index contributed by atoms with van der Waals surface area (Å²) in [6, 6.07) is -0.0421. The molecule has 49 heavy (non-hydrogen) atoms. The topological polar surface area (TPSA) is 101 Å². The van der Waals surface area contributed by atoms with Gasteiger partial charge in [0.2, 0.25) is 5.91 Å². The number of carbonyl (C=O) groups is 1. The third-order valence-corrected chi connectivity index (χ3v) is 17.3. The van der Waals surface area contributed by atoms with Gasteiger partial charge in [0.05, 0.1) is 49.2 Å². The Morgan fingerprint density at radius 1 is 1.00 bits per heavy atom. The van der Waals surface area contributed by atoms with Crippen LogP contribution < -0.4 is 0 Å². The van der Waals surface area contributed by atoms with Gasteiger partial charge in [-0.1, -0.05) is 34.6 Å². The van der Waals surface area contributed by atoms with Gasteiger partial charge in [0.25, 0.3) is 0 Å². The van der Waals surface area contributed by atoms with E-state index in [9.17, 15) is 15.0 Å². The summed E-state index contributed by atoms with van der Waals surface area (Å²) < 4.78 is 25.9. The van der Waals surface area contributed by atoms with E-state index in [1.165, 1.54) is 25.7 Å². The molecule has 8 rings (SSSR count). The third-order valence-electron chi connectivity index (χ3n) is 17.3. The molecule has 9 nitrogen and oxygen atoms in total. The van der Waals surface area contributed by atoms with Gasteiger partial charge in [-0.15, -0.1) is 0 Å². The van der Waals surface area contributed by atoms with Gasteiger partial charge in [0, 0.05) is 32.7 Å². The summed E-state index contributed by atoms with van der Waals surface area (Å²) in [4.78, 5) is 16.9. The number of aliphatic hydroxyl groups excluding tert-OH is 1. The normalized spacial score (nSPS) is 52.9. The maximum atomic E-state index is 12.8. The minimum atomic E-state index is -1.02. The Kier molecular flexibility index (Phi) is 8.16. The zero-order chi connectivity index (χ0) is 35.1. The molecular formula is C40H66N2O7. The van der Waals surface area contributed by atoms with Crippen molar-refractivity contribution < 1.29 is 34.0 Å². The van der Waals surface area contributed by atoms with Gasteiger partial charge < -0.3 is 34.1 Å². The van der Waals surface area contributed by atoms with E-state index in [2.05, 4.69) is 39.5 Å². The van der Waals surface area contributed by atoms with Crippen molar-refractivity contribution in [3.8, 4) is 0 Å². The van der Waals surface area contributed by atoms with Gasteiger partial charge in [0.15, 0.2) is 6.29 Å². The summed E-state index contributed by atoms with van der Waals surface area (Å²) in [6.45, 7) is 18.7.